The zero-order valence-corrected chi connectivity index (χ0v) is 15.2. The maximum atomic E-state index is 12.9. The van der Waals surface area contributed by atoms with E-state index in [0.717, 1.165) is 22.2 Å². The normalized spacial score (nSPS) is 11.8. The third kappa shape index (κ3) is 2.55. The third-order valence-electron chi connectivity index (χ3n) is 4.20. The molecule has 128 valence electrons. The minimum absolute atomic E-state index is 0.148. The molecule has 4 aromatic rings. The lowest BCUT2D eigenvalue weighted by Crippen LogP contribution is -2.26. The number of pyridine rings is 1. The van der Waals surface area contributed by atoms with E-state index >= 15 is 0 Å². The topological polar surface area (TPSA) is 65.1 Å². The van der Waals surface area contributed by atoms with Crippen molar-refractivity contribution in [3.05, 3.63) is 46.0 Å². The van der Waals surface area contributed by atoms with Crippen LogP contribution in [0, 0.1) is 5.92 Å². The van der Waals surface area contributed by atoms with E-state index in [1.165, 1.54) is 10.1 Å². The molecule has 0 radical (unpaired) electrons. The van der Waals surface area contributed by atoms with Crippen molar-refractivity contribution in [1.29, 1.82) is 0 Å². The summed E-state index contributed by atoms with van der Waals surface area (Å²) in [5.41, 5.74) is 2.53. The molecule has 0 fully saturated rings. The van der Waals surface area contributed by atoms with Crippen LogP contribution in [0.2, 0.25) is 0 Å². The highest BCUT2D eigenvalue weighted by atomic mass is 32.1. The summed E-state index contributed by atoms with van der Waals surface area (Å²) in [5.74, 6) is 1.06. The van der Waals surface area contributed by atoms with Gasteiger partial charge in [0.25, 0.3) is 0 Å². The largest absolute Gasteiger partial charge is 0.351 e. The highest BCUT2D eigenvalue weighted by Gasteiger charge is 2.19. The summed E-state index contributed by atoms with van der Waals surface area (Å²) in [6, 6.07) is 3.75. The molecule has 4 rings (SSSR count). The van der Waals surface area contributed by atoms with E-state index in [0.29, 0.717) is 23.9 Å². The summed E-state index contributed by atoms with van der Waals surface area (Å²) in [4.78, 5) is 22.7. The Balaban J connectivity index is 2.08. The van der Waals surface area contributed by atoms with Gasteiger partial charge >= 0.3 is 5.69 Å². The molecule has 6 nitrogen and oxygen atoms in total. The zero-order chi connectivity index (χ0) is 17.6. The molecular weight excluding hydrogens is 334 g/mol. The van der Waals surface area contributed by atoms with E-state index in [1.54, 1.807) is 28.3 Å². The first-order chi connectivity index (χ1) is 12.1. The average Bonchev–Trinajstić information content (AvgIpc) is 3.20. The number of hydrogen-bond donors (Lipinski definition) is 0. The number of fused-ring (bicyclic) bond motifs is 3. The lowest BCUT2D eigenvalue weighted by Gasteiger charge is -2.07. The monoisotopic (exact) mass is 353 g/mol. The molecule has 0 saturated carbocycles. The molecule has 7 heteroatoms. The van der Waals surface area contributed by atoms with Crippen LogP contribution in [0.5, 0.6) is 0 Å². The number of thiophene rings is 1. The van der Waals surface area contributed by atoms with Crippen LogP contribution in [0.15, 0.2) is 34.7 Å². The second-order valence-corrected chi connectivity index (χ2v) is 7.34. The van der Waals surface area contributed by atoms with Crippen molar-refractivity contribution in [3.63, 3.8) is 0 Å². The van der Waals surface area contributed by atoms with Crippen molar-refractivity contribution in [2.24, 2.45) is 5.92 Å². The van der Waals surface area contributed by atoms with Crippen LogP contribution in [0.1, 0.15) is 26.3 Å². The van der Waals surface area contributed by atoms with E-state index in [-0.39, 0.29) is 5.69 Å². The molecule has 0 aliphatic heterocycles. The summed E-state index contributed by atoms with van der Waals surface area (Å²) < 4.78 is 3.21. The van der Waals surface area contributed by atoms with Crippen molar-refractivity contribution < 1.29 is 0 Å². The molecule has 4 aromatic heterocycles. The van der Waals surface area contributed by atoms with Crippen molar-refractivity contribution in [2.45, 2.75) is 33.7 Å². The SMILES string of the molecule is CCn1c(=O)n2nc(-c3cccnc3)nc2c2c(CC(C)C)csc21. The fraction of sp³-hybridized carbons (Fsp3) is 0.333. The van der Waals surface area contributed by atoms with Gasteiger partial charge in [-0.3, -0.25) is 9.55 Å². The van der Waals surface area contributed by atoms with Gasteiger partial charge in [-0.1, -0.05) is 13.8 Å². The van der Waals surface area contributed by atoms with Crippen molar-refractivity contribution in [2.75, 3.05) is 0 Å². The molecule has 4 heterocycles. The molecule has 0 aliphatic carbocycles. The molecule has 0 bridgehead atoms. The van der Waals surface area contributed by atoms with Crippen LogP contribution in [0.4, 0.5) is 0 Å². The number of hydrogen-bond acceptors (Lipinski definition) is 5. The molecule has 0 N–H and O–H groups in total. The summed E-state index contributed by atoms with van der Waals surface area (Å²) in [6.07, 6.45) is 4.38. The Hall–Kier alpha value is -2.54. The fourth-order valence-electron chi connectivity index (χ4n) is 3.11. The molecule has 0 unspecified atom stereocenters. The van der Waals surface area contributed by atoms with Gasteiger partial charge < -0.3 is 0 Å². The standard InChI is InChI=1S/C18H19N5OS/c1-4-22-17-14(13(10-25-17)8-11(2)3)16-20-15(21-23(16)18(22)24)12-6-5-7-19-9-12/h5-7,9-11H,4,8H2,1-3H3. The van der Waals surface area contributed by atoms with Crippen LogP contribution in [-0.4, -0.2) is 24.1 Å². The lowest BCUT2D eigenvalue weighted by molar-refractivity contribution is 0.650. The van der Waals surface area contributed by atoms with Gasteiger partial charge in [-0.2, -0.15) is 4.52 Å². The molecule has 0 spiro atoms. The Kier molecular flexibility index (Phi) is 3.88. The van der Waals surface area contributed by atoms with Crippen LogP contribution < -0.4 is 5.69 Å². The predicted octanol–water partition coefficient (Wildman–Crippen LogP) is 3.39. The third-order valence-corrected chi connectivity index (χ3v) is 5.25. The van der Waals surface area contributed by atoms with Gasteiger partial charge in [0, 0.05) is 24.5 Å². The van der Waals surface area contributed by atoms with E-state index in [9.17, 15) is 4.79 Å². The quantitative estimate of drug-likeness (QED) is 0.564. The minimum Gasteiger partial charge on any atom is -0.283 e. The molecule has 0 aliphatic rings. The Morgan fingerprint density at radius 2 is 2.16 bits per heavy atom. The Bertz CT molecular complexity index is 1110. The Labute approximate surface area is 148 Å². The van der Waals surface area contributed by atoms with Gasteiger partial charge in [-0.05, 0) is 42.3 Å². The van der Waals surface area contributed by atoms with Crippen LogP contribution >= 0.6 is 11.3 Å². The molecule has 0 amide bonds. The number of rotatable bonds is 4. The minimum atomic E-state index is -0.148. The number of aryl methyl sites for hydroxylation is 1. The van der Waals surface area contributed by atoms with E-state index in [4.69, 9.17) is 4.98 Å². The smallest absolute Gasteiger partial charge is 0.283 e. The van der Waals surface area contributed by atoms with E-state index in [1.807, 2.05) is 19.1 Å². The molecule has 0 saturated heterocycles. The maximum Gasteiger partial charge on any atom is 0.351 e. The summed E-state index contributed by atoms with van der Waals surface area (Å²) in [5, 5.41) is 7.67. The number of nitrogens with zero attached hydrogens (tertiary/aromatic N) is 5. The predicted molar refractivity (Wildman–Crippen MR) is 100 cm³/mol. The zero-order valence-electron chi connectivity index (χ0n) is 14.4. The van der Waals surface area contributed by atoms with E-state index < -0.39 is 0 Å². The van der Waals surface area contributed by atoms with Gasteiger partial charge in [0.2, 0.25) is 0 Å². The van der Waals surface area contributed by atoms with Crippen LogP contribution in [0.3, 0.4) is 0 Å². The van der Waals surface area contributed by atoms with Crippen molar-refractivity contribution in [1.82, 2.24) is 24.1 Å². The van der Waals surface area contributed by atoms with Gasteiger partial charge in [0.05, 0.1) is 5.39 Å². The van der Waals surface area contributed by atoms with Crippen molar-refractivity contribution in [3.8, 4) is 11.4 Å². The molecule has 0 atom stereocenters. The molecule has 25 heavy (non-hydrogen) atoms. The van der Waals surface area contributed by atoms with Crippen molar-refractivity contribution >= 4 is 27.2 Å². The van der Waals surface area contributed by atoms with E-state index in [2.05, 4.69) is 29.3 Å². The summed E-state index contributed by atoms with van der Waals surface area (Å²) in [7, 11) is 0. The highest BCUT2D eigenvalue weighted by Crippen LogP contribution is 2.30. The maximum absolute atomic E-state index is 12.9. The average molecular weight is 353 g/mol. The summed E-state index contributed by atoms with van der Waals surface area (Å²) in [6.45, 7) is 6.98. The second kappa shape index (κ2) is 6.07. The Morgan fingerprint density at radius 1 is 1.32 bits per heavy atom. The van der Waals surface area contributed by atoms with Gasteiger partial charge in [0.15, 0.2) is 11.5 Å². The summed E-state index contributed by atoms with van der Waals surface area (Å²) >= 11 is 1.61. The molecular formula is C18H19N5OS. The fourth-order valence-corrected chi connectivity index (χ4v) is 4.26. The van der Waals surface area contributed by atoms with Gasteiger partial charge in [-0.15, -0.1) is 16.4 Å². The first-order valence-electron chi connectivity index (χ1n) is 8.40. The van der Waals surface area contributed by atoms with Crippen LogP contribution in [0.25, 0.3) is 27.3 Å². The first-order valence-corrected chi connectivity index (χ1v) is 9.28. The highest BCUT2D eigenvalue weighted by molar-refractivity contribution is 7.17. The van der Waals surface area contributed by atoms with Gasteiger partial charge in [-0.25, -0.2) is 9.78 Å². The van der Waals surface area contributed by atoms with Gasteiger partial charge in [0.1, 0.15) is 4.83 Å². The van der Waals surface area contributed by atoms with Crippen LogP contribution in [-0.2, 0) is 13.0 Å². The lowest BCUT2D eigenvalue weighted by atomic mass is 10.0. The molecule has 0 aromatic carbocycles. The number of aromatic nitrogens is 5. The first kappa shape index (κ1) is 16.0. The Morgan fingerprint density at radius 3 is 2.84 bits per heavy atom. The second-order valence-electron chi connectivity index (χ2n) is 6.48.